The van der Waals surface area contributed by atoms with Crippen LogP contribution in [0.15, 0.2) is 24.3 Å². The normalized spacial score (nSPS) is 23.5. The first-order chi connectivity index (χ1) is 10.1. The molecular formula is C17H21NO2S. The maximum atomic E-state index is 11.6. The summed E-state index contributed by atoms with van der Waals surface area (Å²) in [6, 6.07) is 9.07. The van der Waals surface area contributed by atoms with Crippen molar-refractivity contribution in [3.8, 4) is 0 Å². The van der Waals surface area contributed by atoms with E-state index in [1.807, 2.05) is 24.3 Å². The molecule has 0 unspecified atom stereocenters. The summed E-state index contributed by atoms with van der Waals surface area (Å²) in [7, 11) is 0. The lowest BCUT2D eigenvalue weighted by Crippen LogP contribution is -2.43. The number of aromatic carboxylic acids is 1. The van der Waals surface area contributed by atoms with Crippen LogP contribution in [0.25, 0.3) is 10.1 Å². The van der Waals surface area contributed by atoms with Crippen LogP contribution in [-0.4, -0.2) is 28.1 Å². The van der Waals surface area contributed by atoms with Crippen LogP contribution in [0.1, 0.15) is 48.3 Å². The molecule has 1 saturated heterocycles. The third-order valence-corrected chi connectivity index (χ3v) is 5.81. The lowest BCUT2D eigenvalue weighted by Gasteiger charge is -2.39. The summed E-state index contributed by atoms with van der Waals surface area (Å²) in [5.41, 5.74) is 0.990. The lowest BCUT2D eigenvalue weighted by molar-refractivity contribution is 0.0692. The Hall–Kier alpha value is -1.39. The maximum absolute atomic E-state index is 11.6. The van der Waals surface area contributed by atoms with Gasteiger partial charge in [-0.15, -0.1) is 11.3 Å². The number of rotatable bonds is 3. The van der Waals surface area contributed by atoms with Gasteiger partial charge in [0.05, 0.1) is 0 Å². The minimum absolute atomic E-state index is 0.501. The number of hydrogen-bond donors (Lipinski definition) is 1. The van der Waals surface area contributed by atoms with Crippen LogP contribution in [0.2, 0.25) is 0 Å². The lowest BCUT2D eigenvalue weighted by atomic mass is 9.96. The Balaban J connectivity index is 2.02. The highest BCUT2D eigenvalue weighted by Crippen LogP contribution is 2.34. The average Bonchev–Trinajstić information content (AvgIpc) is 2.82. The third-order valence-electron chi connectivity index (χ3n) is 4.61. The van der Waals surface area contributed by atoms with Crippen LogP contribution in [-0.2, 0) is 6.54 Å². The molecule has 2 aromatic rings. The molecule has 1 aromatic carbocycles. The highest BCUT2D eigenvalue weighted by atomic mass is 32.1. The van der Waals surface area contributed by atoms with Crippen molar-refractivity contribution in [1.29, 1.82) is 0 Å². The molecule has 1 aromatic heterocycles. The molecule has 0 saturated carbocycles. The number of benzene rings is 1. The Labute approximate surface area is 129 Å². The Bertz CT molecular complexity index is 654. The van der Waals surface area contributed by atoms with Gasteiger partial charge in [-0.25, -0.2) is 4.79 Å². The Morgan fingerprint density at radius 3 is 2.62 bits per heavy atom. The molecule has 0 aliphatic carbocycles. The molecule has 0 spiro atoms. The Kier molecular flexibility index (Phi) is 4.00. The molecule has 1 N–H and O–H groups in total. The fourth-order valence-corrected chi connectivity index (χ4v) is 4.45. The van der Waals surface area contributed by atoms with Gasteiger partial charge in [0.2, 0.25) is 0 Å². The number of nitrogens with zero attached hydrogens (tertiary/aromatic N) is 1. The number of carbonyl (C=O) groups is 1. The van der Waals surface area contributed by atoms with E-state index in [0.717, 1.165) is 22.2 Å². The van der Waals surface area contributed by atoms with E-state index >= 15 is 0 Å². The monoisotopic (exact) mass is 303 g/mol. The van der Waals surface area contributed by atoms with Crippen molar-refractivity contribution in [3.63, 3.8) is 0 Å². The molecule has 0 bridgehead atoms. The van der Waals surface area contributed by atoms with E-state index in [4.69, 9.17) is 0 Å². The van der Waals surface area contributed by atoms with Gasteiger partial charge >= 0.3 is 5.97 Å². The Morgan fingerprint density at radius 2 is 1.95 bits per heavy atom. The molecule has 1 fully saturated rings. The first-order valence-electron chi connectivity index (χ1n) is 7.57. The standard InChI is InChI=1S/C17H21NO2S/c1-11-6-5-7-12(2)18(11)10-14-13-8-3-4-9-15(13)21-16(14)17(19)20/h3-4,8-9,11-12H,5-7,10H2,1-2H3,(H,19,20)/t11-,12+. The second-order valence-corrected chi connectivity index (χ2v) is 7.06. The van der Waals surface area contributed by atoms with Crippen LogP contribution < -0.4 is 0 Å². The summed E-state index contributed by atoms with van der Waals surface area (Å²) in [6.07, 6.45) is 3.68. The van der Waals surface area contributed by atoms with Crippen molar-refractivity contribution in [2.24, 2.45) is 0 Å². The van der Waals surface area contributed by atoms with E-state index in [2.05, 4.69) is 18.7 Å². The second-order valence-electron chi connectivity index (χ2n) is 6.01. The van der Waals surface area contributed by atoms with Crippen molar-refractivity contribution in [2.45, 2.75) is 51.7 Å². The van der Waals surface area contributed by atoms with Gasteiger partial charge in [0.15, 0.2) is 0 Å². The molecule has 0 amide bonds. The van der Waals surface area contributed by atoms with Gasteiger partial charge < -0.3 is 5.11 Å². The van der Waals surface area contributed by atoms with Crippen molar-refractivity contribution >= 4 is 27.4 Å². The summed E-state index contributed by atoms with van der Waals surface area (Å²) in [4.78, 5) is 14.6. The summed E-state index contributed by atoms with van der Waals surface area (Å²) in [5, 5.41) is 10.6. The number of hydrogen-bond acceptors (Lipinski definition) is 3. The first kappa shape index (κ1) is 14.5. The number of likely N-dealkylation sites (tertiary alicyclic amines) is 1. The molecular weight excluding hydrogens is 282 g/mol. The zero-order valence-electron chi connectivity index (χ0n) is 12.5. The van der Waals surface area contributed by atoms with Gasteiger partial charge in [0, 0.05) is 23.3 Å². The smallest absolute Gasteiger partial charge is 0.346 e. The fraction of sp³-hybridized carbons (Fsp3) is 0.471. The van der Waals surface area contributed by atoms with Crippen LogP contribution in [0.4, 0.5) is 0 Å². The van der Waals surface area contributed by atoms with Crippen molar-refractivity contribution in [2.75, 3.05) is 0 Å². The maximum Gasteiger partial charge on any atom is 0.346 e. The molecule has 3 rings (SSSR count). The van der Waals surface area contributed by atoms with E-state index in [0.29, 0.717) is 17.0 Å². The van der Waals surface area contributed by atoms with Crippen molar-refractivity contribution in [3.05, 3.63) is 34.7 Å². The minimum Gasteiger partial charge on any atom is -0.477 e. The van der Waals surface area contributed by atoms with E-state index < -0.39 is 5.97 Å². The minimum atomic E-state index is -0.802. The largest absolute Gasteiger partial charge is 0.477 e. The third kappa shape index (κ3) is 2.70. The van der Waals surface area contributed by atoms with E-state index in [-0.39, 0.29) is 0 Å². The fourth-order valence-electron chi connectivity index (χ4n) is 3.40. The zero-order valence-corrected chi connectivity index (χ0v) is 13.3. The van der Waals surface area contributed by atoms with Gasteiger partial charge in [0.1, 0.15) is 4.88 Å². The predicted molar refractivity (Wildman–Crippen MR) is 87.1 cm³/mol. The molecule has 2 atom stereocenters. The highest BCUT2D eigenvalue weighted by Gasteiger charge is 2.27. The molecule has 21 heavy (non-hydrogen) atoms. The van der Waals surface area contributed by atoms with Crippen LogP contribution in [0.3, 0.4) is 0 Å². The first-order valence-corrected chi connectivity index (χ1v) is 8.39. The topological polar surface area (TPSA) is 40.5 Å². The van der Waals surface area contributed by atoms with Gasteiger partial charge in [0.25, 0.3) is 0 Å². The van der Waals surface area contributed by atoms with Crippen LogP contribution in [0, 0.1) is 0 Å². The van der Waals surface area contributed by atoms with Crippen LogP contribution in [0.5, 0.6) is 0 Å². The van der Waals surface area contributed by atoms with Crippen molar-refractivity contribution < 1.29 is 9.90 Å². The molecule has 2 heterocycles. The number of thiophene rings is 1. The molecule has 1 aliphatic rings. The molecule has 3 nitrogen and oxygen atoms in total. The van der Waals surface area contributed by atoms with Gasteiger partial charge in [-0.1, -0.05) is 24.6 Å². The zero-order chi connectivity index (χ0) is 15.0. The van der Waals surface area contributed by atoms with E-state index in [1.165, 1.54) is 30.6 Å². The van der Waals surface area contributed by atoms with Gasteiger partial charge in [-0.2, -0.15) is 0 Å². The second kappa shape index (κ2) is 5.78. The number of carboxylic acids is 1. The molecule has 112 valence electrons. The summed E-state index contributed by atoms with van der Waals surface area (Å²) in [5.74, 6) is -0.802. The quantitative estimate of drug-likeness (QED) is 0.915. The highest BCUT2D eigenvalue weighted by molar-refractivity contribution is 7.21. The average molecular weight is 303 g/mol. The van der Waals surface area contributed by atoms with E-state index in [9.17, 15) is 9.90 Å². The summed E-state index contributed by atoms with van der Waals surface area (Å²) in [6.45, 7) is 5.25. The molecule has 4 heteroatoms. The number of carboxylic acid groups (broad SMARTS) is 1. The predicted octanol–water partition coefficient (Wildman–Crippen LogP) is 4.36. The van der Waals surface area contributed by atoms with Crippen LogP contribution >= 0.6 is 11.3 Å². The summed E-state index contributed by atoms with van der Waals surface area (Å²) < 4.78 is 1.07. The number of fused-ring (bicyclic) bond motifs is 1. The summed E-state index contributed by atoms with van der Waals surface area (Å²) >= 11 is 1.40. The number of piperidine rings is 1. The van der Waals surface area contributed by atoms with Crippen molar-refractivity contribution in [1.82, 2.24) is 4.90 Å². The van der Waals surface area contributed by atoms with Gasteiger partial charge in [-0.05, 0) is 43.7 Å². The SMILES string of the molecule is C[C@@H]1CCC[C@H](C)N1Cc1c(C(=O)O)sc2ccccc12. The van der Waals surface area contributed by atoms with E-state index in [1.54, 1.807) is 0 Å². The molecule has 0 radical (unpaired) electrons. The van der Waals surface area contributed by atoms with Gasteiger partial charge in [-0.3, -0.25) is 4.90 Å². The Morgan fingerprint density at radius 1 is 1.29 bits per heavy atom. The molecule has 1 aliphatic heterocycles.